The van der Waals surface area contributed by atoms with E-state index in [1.54, 1.807) is 6.08 Å². The SMILES string of the molecule is CCN(C=CC#N)C1CCNCC1. The van der Waals surface area contributed by atoms with Crippen molar-refractivity contribution in [3.63, 3.8) is 0 Å². The van der Waals surface area contributed by atoms with E-state index in [4.69, 9.17) is 5.26 Å². The smallest absolute Gasteiger partial charge is 0.0927 e. The fourth-order valence-corrected chi connectivity index (χ4v) is 1.75. The maximum atomic E-state index is 8.43. The third-order valence-corrected chi connectivity index (χ3v) is 2.48. The summed E-state index contributed by atoms with van der Waals surface area (Å²) < 4.78 is 0. The van der Waals surface area contributed by atoms with Crippen molar-refractivity contribution in [2.45, 2.75) is 25.8 Å². The second kappa shape index (κ2) is 5.60. The molecule has 0 unspecified atom stereocenters. The Bertz CT molecular complexity index is 199. The van der Waals surface area contributed by atoms with E-state index >= 15 is 0 Å². The first-order chi connectivity index (χ1) is 6.38. The third-order valence-electron chi connectivity index (χ3n) is 2.48. The zero-order valence-electron chi connectivity index (χ0n) is 8.16. The molecule has 3 heteroatoms. The van der Waals surface area contributed by atoms with Gasteiger partial charge in [0, 0.05) is 24.9 Å². The van der Waals surface area contributed by atoms with Gasteiger partial charge in [-0.25, -0.2) is 0 Å². The van der Waals surface area contributed by atoms with Gasteiger partial charge in [-0.05, 0) is 32.9 Å². The molecule has 1 N–H and O–H groups in total. The summed E-state index contributed by atoms with van der Waals surface area (Å²) in [5.74, 6) is 0. The van der Waals surface area contributed by atoms with Crippen LogP contribution in [0.4, 0.5) is 0 Å². The fourth-order valence-electron chi connectivity index (χ4n) is 1.75. The van der Waals surface area contributed by atoms with Gasteiger partial charge < -0.3 is 10.2 Å². The Kier molecular flexibility index (Phi) is 4.34. The van der Waals surface area contributed by atoms with Crippen LogP contribution in [0.1, 0.15) is 19.8 Å². The van der Waals surface area contributed by atoms with Crippen LogP contribution < -0.4 is 5.32 Å². The molecule has 1 aliphatic rings. The molecule has 0 atom stereocenters. The van der Waals surface area contributed by atoms with Gasteiger partial charge in [-0.2, -0.15) is 5.26 Å². The average Bonchev–Trinajstić information content (AvgIpc) is 2.21. The summed E-state index contributed by atoms with van der Waals surface area (Å²) in [7, 11) is 0. The van der Waals surface area contributed by atoms with Gasteiger partial charge in [0.25, 0.3) is 0 Å². The van der Waals surface area contributed by atoms with Crippen LogP contribution in [0.25, 0.3) is 0 Å². The highest BCUT2D eigenvalue weighted by molar-refractivity contribution is 5.02. The van der Waals surface area contributed by atoms with Crippen LogP contribution in [0.5, 0.6) is 0 Å². The van der Waals surface area contributed by atoms with Crippen LogP contribution in [0, 0.1) is 11.3 Å². The first-order valence-electron chi connectivity index (χ1n) is 4.91. The third kappa shape index (κ3) is 3.08. The van der Waals surface area contributed by atoms with Crippen molar-refractivity contribution in [1.82, 2.24) is 10.2 Å². The number of hydrogen-bond acceptors (Lipinski definition) is 3. The average molecular weight is 179 g/mol. The van der Waals surface area contributed by atoms with Gasteiger partial charge in [0.05, 0.1) is 6.07 Å². The molecule has 0 aromatic carbocycles. The monoisotopic (exact) mass is 179 g/mol. The lowest BCUT2D eigenvalue weighted by atomic mass is 10.1. The lowest BCUT2D eigenvalue weighted by Crippen LogP contribution is -2.40. The normalized spacial score (nSPS) is 18.8. The van der Waals surface area contributed by atoms with Crippen LogP contribution in [0.3, 0.4) is 0 Å². The molecule has 0 bridgehead atoms. The largest absolute Gasteiger partial charge is 0.374 e. The molecule has 0 aromatic heterocycles. The molecule has 0 aromatic rings. The number of nitrogens with one attached hydrogen (secondary N) is 1. The molecule has 1 rings (SSSR count). The van der Waals surface area contributed by atoms with E-state index in [2.05, 4.69) is 17.1 Å². The Morgan fingerprint density at radius 3 is 2.77 bits per heavy atom. The van der Waals surface area contributed by atoms with Crippen LogP contribution in [-0.2, 0) is 0 Å². The second-order valence-corrected chi connectivity index (χ2v) is 3.26. The number of nitriles is 1. The van der Waals surface area contributed by atoms with E-state index in [1.165, 1.54) is 12.8 Å². The summed E-state index contributed by atoms with van der Waals surface area (Å²) in [5, 5.41) is 11.8. The number of rotatable bonds is 3. The summed E-state index contributed by atoms with van der Waals surface area (Å²) in [6.45, 7) is 5.32. The fraction of sp³-hybridized carbons (Fsp3) is 0.700. The predicted molar refractivity (Wildman–Crippen MR) is 53.0 cm³/mol. The molecule has 0 saturated carbocycles. The molecule has 1 aliphatic heterocycles. The molecule has 0 radical (unpaired) electrons. The minimum Gasteiger partial charge on any atom is -0.374 e. The van der Waals surface area contributed by atoms with Crippen LogP contribution in [-0.4, -0.2) is 30.6 Å². The van der Waals surface area contributed by atoms with E-state index in [0.29, 0.717) is 6.04 Å². The first kappa shape index (κ1) is 10.1. The van der Waals surface area contributed by atoms with Gasteiger partial charge >= 0.3 is 0 Å². The molecule has 1 saturated heterocycles. The Labute approximate surface area is 80.0 Å². The van der Waals surface area contributed by atoms with Crippen molar-refractivity contribution >= 4 is 0 Å². The minimum atomic E-state index is 0.621. The highest BCUT2D eigenvalue weighted by atomic mass is 15.1. The molecule has 3 nitrogen and oxygen atoms in total. The van der Waals surface area contributed by atoms with Gasteiger partial charge in [0.15, 0.2) is 0 Å². The number of piperidine rings is 1. The number of nitrogens with zero attached hydrogens (tertiary/aromatic N) is 2. The zero-order chi connectivity index (χ0) is 9.52. The Morgan fingerprint density at radius 2 is 2.23 bits per heavy atom. The maximum absolute atomic E-state index is 8.43. The van der Waals surface area contributed by atoms with Crippen LogP contribution in [0.2, 0.25) is 0 Å². The molecular formula is C10H17N3. The molecule has 0 aliphatic carbocycles. The molecule has 0 amide bonds. The van der Waals surface area contributed by atoms with Crippen LogP contribution in [0.15, 0.2) is 12.3 Å². The Hall–Kier alpha value is -1.01. The molecule has 1 fully saturated rings. The van der Waals surface area contributed by atoms with Crippen molar-refractivity contribution in [3.05, 3.63) is 12.3 Å². The molecule has 1 heterocycles. The van der Waals surface area contributed by atoms with Crippen molar-refractivity contribution < 1.29 is 0 Å². The van der Waals surface area contributed by atoms with Crippen molar-refractivity contribution in [1.29, 1.82) is 5.26 Å². The van der Waals surface area contributed by atoms with Crippen LogP contribution >= 0.6 is 0 Å². The number of hydrogen-bond donors (Lipinski definition) is 1. The van der Waals surface area contributed by atoms with E-state index in [0.717, 1.165) is 19.6 Å². The maximum Gasteiger partial charge on any atom is 0.0927 e. The van der Waals surface area contributed by atoms with Crippen molar-refractivity contribution in [2.75, 3.05) is 19.6 Å². The van der Waals surface area contributed by atoms with Gasteiger partial charge in [-0.3, -0.25) is 0 Å². The predicted octanol–water partition coefficient (Wildman–Crippen LogP) is 1.10. The first-order valence-corrected chi connectivity index (χ1v) is 4.91. The second-order valence-electron chi connectivity index (χ2n) is 3.26. The summed E-state index contributed by atoms with van der Waals surface area (Å²) in [6.07, 6.45) is 5.84. The molecule has 13 heavy (non-hydrogen) atoms. The highest BCUT2D eigenvalue weighted by Crippen LogP contribution is 2.11. The summed E-state index contributed by atoms with van der Waals surface area (Å²) in [5.41, 5.74) is 0. The molecular weight excluding hydrogens is 162 g/mol. The van der Waals surface area contributed by atoms with Crippen molar-refractivity contribution in [2.24, 2.45) is 0 Å². The van der Waals surface area contributed by atoms with Gasteiger partial charge in [0.2, 0.25) is 0 Å². The van der Waals surface area contributed by atoms with Gasteiger partial charge in [-0.1, -0.05) is 0 Å². The van der Waals surface area contributed by atoms with E-state index in [9.17, 15) is 0 Å². The topological polar surface area (TPSA) is 39.1 Å². The standard InChI is InChI=1S/C10H17N3/c1-2-13(9-3-6-11)10-4-7-12-8-5-10/h3,9-10,12H,2,4-5,7-8H2,1H3. The zero-order valence-corrected chi connectivity index (χ0v) is 8.16. The Morgan fingerprint density at radius 1 is 1.54 bits per heavy atom. The quantitative estimate of drug-likeness (QED) is 0.659. The van der Waals surface area contributed by atoms with Gasteiger partial charge in [0.1, 0.15) is 0 Å². The highest BCUT2D eigenvalue weighted by Gasteiger charge is 2.16. The van der Waals surface area contributed by atoms with E-state index in [-0.39, 0.29) is 0 Å². The van der Waals surface area contributed by atoms with Gasteiger partial charge in [-0.15, -0.1) is 0 Å². The summed E-state index contributed by atoms with van der Waals surface area (Å²) in [4.78, 5) is 2.25. The molecule has 0 spiro atoms. The summed E-state index contributed by atoms with van der Waals surface area (Å²) in [6, 6.07) is 2.65. The summed E-state index contributed by atoms with van der Waals surface area (Å²) >= 11 is 0. The minimum absolute atomic E-state index is 0.621. The Balaban J connectivity index is 2.44. The number of allylic oxidation sites excluding steroid dienone is 1. The van der Waals surface area contributed by atoms with Crippen molar-refractivity contribution in [3.8, 4) is 6.07 Å². The van der Waals surface area contributed by atoms with E-state index < -0.39 is 0 Å². The van der Waals surface area contributed by atoms with E-state index in [1.807, 2.05) is 12.3 Å². The lowest BCUT2D eigenvalue weighted by Gasteiger charge is -2.32. The lowest BCUT2D eigenvalue weighted by molar-refractivity contribution is 0.235. The molecule has 72 valence electrons.